The first-order valence-electron chi connectivity index (χ1n) is 4.55. The van der Waals surface area contributed by atoms with Gasteiger partial charge in [-0.15, -0.1) is 0 Å². The number of benzene rings is 1. The number of esters is 1. The SMILES string of the molecule is COC(=O)[C@H](C)Oc1cc(Cl)ccc1C. The largest absolute Gasteiger partial charge is 0.479 e. The van der Waals surface area contributed by atoms with E-state index in [0.29, 0.717) is 10.8 Å². The molecule has 3 nitrogen and oxygen atoms in total. The highest BCUT2D eigenvalue weighted by Gasteiger charge is 2.15. The Hall–Kier alpha value is -1.22. The zero-order chi connectivity index (χ0) is 11.4. The molecule has 0 spiro atoms. The average molecular weight is 229 g/mol. The van der Waals surface area contributed by atoms with Crippen molar-refractivity contribution in [3.05, 3.63) is 28.8 Å². The van der Waals surface area contributed by atoms with Gasteiger partial charge in [0.1, 0.15) is 5.75 Å². The molecule has 82 valence electrons. The Labute approximate surface area is 93.9 Å². The van der Waals surface area contributed by atoms with E-state index in [9.17, 15) is 4.79 Å². The van der Waals surface area contributed by atoms with E-state index in [0.717, 1.165) is 5.56 Å². The number of carbonyl (C=O) groups is 1. The van der Waals surface area contributed by atoms with Crippen molar-refractivity contribution >= 4 is 17.6 Å². The second-order valence-corrected chi connectivity index (χ2v) is 3.63. The lowest BCUT2D eigenvalue weighted by Gasteiger charge is -2.14. The van der Waals surface area contributed by atoms with Crippen LogP contribution in [0.2, 0.25) is 5.02 Å². The molecule has 1 aromatic carbocycles. The summed E-state index contributed by atoms with van der Waals surface area (Å²) in [7, 11) is 1.33. The predicted molar refractivity (Wildman–Crippen MR) is 58.3 cm³/mol. The fourth-order valence-corrected chi connectivity index (χ4v) is 1.27. The molecular weight excluding hydrogens is 216 g/mol. The summed E-state index contributed by atoms with van der Waals surface area (Å²) in [5.74, 6) is 0.190. The second-order valence-electron chi connectivity index (χ2n) is 3.19. The molecule has 0 N–H and O–H groups in total. The van der Waals surface area contributed by atoms with Gasteiger partial charge in [0.05, 0.1) is 7.11 Å². The quantitative estimate of drug-likeness (QED) is 0.746. The van der Waals surface area contributed by atoms with E-state index in [2.05, 4.69) is 4.74 Å². The van der Waals surface area contributed by atoms with Gasteiger partial charge in [0, 0.05) is 5.02 Å². The molecule has 0 saturated carbocycles. The molecule has 0 aliphatic rings. The van der Waals surface area contributed by atoms with Gasteiger partial charge in [-0.25, -0.2) is 4.79 Å². The minimum absolute atomic E-state index is 0.408. The van der Waals surface area contributed by atoms with E-state index in [1.54, 1.807) is 19.1 Å². The van der Waals surface area contributed by atoms with Crippen molar-refractivity contribution in [3.63, 3.8) is 0 Å². The standard InChI is InChI=1S/C11H13ClO3/c1-7-4-5-9(12)6-10(7)15-8(2)11(13)14-3/h4-6,8H,1-3H3/t8-/m0/s1. The minimum atomic E-state index is -0.632. The number of hydrogen-bond donors (Lipinski definition) is 0. The van der Waals surface area contributed by atoms with E-state index in [4.69, 9.17) is 16.3 Å². The van der Waals surface area contributed by atoms with Crippen LogP contribution in [0.4, 0.5) is 0 Å². The van der Waals surface area contributed by atoms with Crippen molar-refractivity contribution in [2.75, 3.05) is 7.11 Å². The third-order valence-electron chi connectivity index (χ3n) is 1.99. The number of carbonyl (C=O) groups excluding carboxylic acids is 1. The molecule has 15 heavy (non-hydrogen) atoms. The highest BCUT2D eigenvalue weighted by Crippen LogP contribution is 2.23. The summed E-state index contributed by atoms with van der Waals surface area (Å²) < 4.78 is 9.98. The van der Waals surface area contributed by atoms with Gasteiger partial charge in [0.15, 0.2) is 6.10 Å². The lowest BCUT2D eigenvalue weighted by molar-refractivity contribution is -0.147. The van der Waals surface area contributed by atoms with Crippen molar-refractivity contribution in [1.29, 1.82) is 0 Å². The Morgan fingerprint density at radius 3 is 2.73 bits per heavy atom. The summed E-state index contributed by atoms with van der Waals surface area (Å²) in [4.78, 5) is 11.1. The summed E-state index contributed by atoms with van der Waals surface area (Å²) in [6.45, 7) is 3.52. The van der Waals surface area contributed by atoms with Crippen LogP contribution < -0.4 is 4.74 Å². The maximum atomic E-state index is 11.1. The highest BCUT2D eigenvalue weighted by molar-refractivity contribution is 6.30. The van der Waals surface area contributed by atoms with E-state index >= 15 is 0 Å². The highest BCUT2D eigenvalue weighted by atomic mass is 35.5. The Balaban J connectivity index is 2.80. The average Bonchev–Trinajstić information content (AvgIpc) is 2.22. The number of methoxy groups -OCH3 is 1. The first kappa shape index (κ1) is 11.9. The van der Waals surface area contributed by atoms with Crippen LogP contribution >= 0.6 is 11.6 Å². The van der Waals surface area contributed by atoms with Crippen molar-refractivity contribution in [2.45, 2.75) is 20.0 Å². The first-order valence-corrected chi connectivity index (χ1v) is 4.93. The van der Waals surface area contributed by atoms with Crippen LogP contribution in [-0.2, 0) is 9.53 Å². The molecule has 0 fully saturated rings. The predicted octanol–water partition coefficient (Wildman–Crippen LogP) is 2.59. The van der Waals surface area contributed by atoms with Crippen LogP contribution in [-0.4, -0.2) is 19.2 Å². The lowest BCUT2D eigenvalue weighted by atomic mass is 10.2. The smallest absolute Gasteiger partial charge is 0.346 e. The first-order chi connectivity index (χ1) is 7.04. The molecule has 0 radical (unpaired) electrons. The summed E-state index contributed by atoms with van der Waals surface area (Å²) >= 11 is 5.82. The summed E-state index contributed by atoms with van der Waals surface area (Å²) in [5.41, 5.74) is 0.926. The van der Waals surface area contributed by atoms with Crippen molar-refractivity contribution in [2.24, 2.45) is 0 Å². The van der Waals surface area contributed by atoms with Crippen molar-refractivity contribution < 1.29 is 14.3 Å². The van der Waals surface area contributed by atoms with Gasteiger partial charge in [0.25, 0.3) is 0 Å². The molecule has 0 saturated heterocycles. The van der Waals surface area contributed by atoms with E-state index < -0.39 is 12.1 Å². The van der Waals surface area contributed by atoms with Gasteiger partial charge in [-0.2, -0.15) is 0 Å². The molecule has 0 aromatic heterocycles. The molecule has 4 heteroatoms. The van der Waals surface area contributed by atoms with Gasteiger partial charge in [-0.05, 0) is 31.5 Å². The number of rotatable bonds is 3. The van der Waals surface area contributed by atoms with Crippen LogP contribution in [0.25, 0.3) is 0 Å². The molecular formula is C11H13ClO3. The van der Waals surface area contributed by atoms with Gasteiger partial charge in [-0.3, -0.25) is 0 Å². The van der Waals surface area contributed by atoms with Gasteiger partial charge < -0.3 is 9.47 Å². The van der Waals surface area contributed by atoms with Crippen LogP contribution in [0, 0.1) is 6.92 Å². The summed E-state index contributed by atoms with van der Waals surface area (Å²) in [5, 5.41) is 0.577. The number of ether oxygens (including phenoxy) is 2. The number of aryl methyl sites for hydroxylation is 1. The van der Waals surface area contributed by atoms with E-state index in [1.165, 1.54) is 7.11 Å². The maximum Gasteiger partial charge on any atom is 0.346 e. The monoisotopic (exact) mass is 228 g/mol. The van der Waals surface area contributed by atoms with Crippen LogP contribution in [0.15, 0.2) is 18.2 Å². The molecule has 0 heterocycles. The third kappa shape index (κ3) is 3.13. The van der Waals surface area contributed by atoms with Crippen LogP contribution in [0.3, 0.4) is 0 Å². The number of hydrogen-bond acceptors (Lipinski definition) is 3. The summed E-state index contributed by atoms with van der Waals surface area (Å²) in [6, 6.07) is 5.28. The Kier molecular flexibility index (Phi) is 3.97. The van der Waals surface area contributed by atoms with Crippen molar-refractivity contribution in [1.82, 2.24) is 0 Å². The van der Waals surface area contributed by atoms with Crippen LogP contribution in [0.5, 0.6) is 5.75 Å². The topological polar surface area (TPSA) is 35.5 Å². The van der Waals surface area contributed by atoms with Crippen molar-refractivity contribution in [3.8, 4) is 5.75 Å². The fraction of sp³-hybridized carbons (Fsp3) is 0.364. The third-order valence-corrected chi connectivity index (χ3v) is 2.22. The second kappa shape index (κ2) is 5.03. The zero-order valence-corrected chi connectivity index (χ0v) is 9.67. The van der Waals surface area contributed by atoms with E-state index in [1.807, 2.05) is 13.0 Å². The molecule has 0 amide bonds. The molecule has 1 aromatic rings. The molecule has 0 bridgehead atoms. The zero-order valence-electron chi connectivity index (χ0n) is 8.91. The minimum Gasteiger partial charge on any atom is -0.479 e. The molecule has 0 unspecified atom stereocenters. The number of halogens is 1. The Morgan fingerprint density at radius 2 is 2.13 bits per heavy atom. The molecule has 0 aliphatic carbocycles. The van der Waals surface area contributed by atoms with Gasteiger partial charge in [-0.1, -0.05) is 17.7 Å². The maximum absolute atomic E-state index is 11.1. The van der Waals surface area contributed by atoms with E-state index in [-0.39, 0.29) is 0 Å². The molecule has 0 aliphatic heterocycles. The van der Waals surface area contributed by atoms with Gasteiger partial charge >= 0.3 is 5.97 Å². The Morgan fingerprint density at radius 1 is 1.47 bits per heavy atom. The summed E-state index contributed by atoms with van der Waals surface area (Å²) in [6.07, 6.45) is -0.632. The lowest BCUT2D eigenvalue weighted by Crippen LogP contribution is -2.25. The molecule has 1 rings (SSSR count). The fourth-order valence-electron chi connectivity index (χ4n) is 1.11. The van der Waals surface area contributed by atoms with Gasteiger partial charge in [0.2, 0.25) is 0 Å². The Bertz CT molecular complexity index is 363. The van der Waals surface area contributed by atoms with Crippen LogP contribution in [0.1, 0.15) is 12.5 Å². The normalized spacial score (nSPS) is 12.0. The molecule has 1 atom stereocenters.